The van der Waals surface area contributed by atoms with E-state index in [1.807, 2.05) is 0 Å². The van der Waals surface area contributed by atoms with Crippen LogP contribution in [0.3, 0.4) is 0 Å². The Bertz CT molecular complexity index is 962. The number of alkyl halides is 9. The molecule has 0 saturated carbocycles. The molecule has 0 saturated heterocycles. The number of hydrogen-bond donors (Lipinski definition) is 0. The van der Waals surface area contributed by atoms with Crippen molar-refractivity contribution >= 4 is 11.0 Å². The molecule has 0 amide bonds. The summed E-state index contributed by atoms with van der Waals surface area (Å²) in [6.45, 7) is 0. The molecule has 3 rings (SSSR count). The predicted octanol–water partition coefficient (Wildman–Crippen LogP) is 5.43. The second-order valence-corrected chi connectivity index (χ2v) is 5.58. The summed E-state index contributed by atoms with van der Waals surface area (Å²) in [5.41, 5.74) is -4.57. The van der Waals surface area contributed by atoms with Crippen molar-refractivity contribution in [3.05, 3.63) is 59.9 Å². The molecular weight excluding hydrogens is 391 g/mol. The van der Waals surface area contributed by atoms with Crippen molar-refractivity contribution in [2.75, 3.05) is 0 Å². The van der Waals surface area contributed by atoms with E-state index in [2.05, 4.69) is 0 Å². The summed E-state index contributed by atoms with van der Waals surface area (Å²) in [6, 6.07) is 5.43. The van der Waals surface area contributed by atoms with E-state index in [0.717, 1.165) is 12.1 Å². The number of halogens is 9. The van der Waals surface area contributed by atoms with E-state index < -0.39 is 41.0 Å². The quantitative estimate of drug-likeness (QED) is 0.381. The predicted molar refractivity (Wildman–Crippen MR) is 74.8 cm³/mol. The number of nitrogens with zero attached hydrogens (tertiary/aromatic N) is 2. The van der Waals surface area contributed by atoms with Gasteiger partial charge in [-0.3, -0.25) is 0 Å². The molecule has 0 fully saturated rings. The van der Waals surface area contributed by atoms with Crippen LogP contribution in [0.15, 0.2) is 48.8 Å². The molecule has 0 atom stereocenters. The Kier molecular flexibility index (Phi) is 4.16. The molecule has 0 aliphatic carbocycles. The first kappa shape index (κ1) is 19.1. The first-order valence-corrected chi connectivity index (χ1v) is 7.17. The third-order valence-corrected chi connectivity index (χ3v) is 3.76. The zero-order valence-corrected chi connectivity index (χ0v) is 12.9. The first-order chi connectivity index (χ1) is 12.3. The normalized spacial score (nSPS) is 13.4. The highest BCUT2D eigenvalue weighted by Gasteiger charge is 2.42. The third kappa shape index (κ3) is 3.58. The Labute approximate surface area is 145 Å². The number of benzene rings is 2. The molecule has 11 heteroatoms. The van der Waals surface area contributed by atoms with Gasteiger partial charge in [0.15, 0.2) is 11.0 Å². The summed E-state index contributed by atoms with van der Waals surface area (Å²) >= 11 is 0. The number of aromatic nitrogens is 2. The second-order valence-electron chi connectivity index (χ2n) is 5.58. The summed E-state index contributed by atoms with van der Waals surface area (Å²) in [4.78, 5) is 0. The highest BCUT2D eigenvalue weighted by Crippen LogP contribution is 2.37. The Morgan fingerprint density at radius 3 is 1.70 bits per heavy atom. The van der Waals surface area contributed by atoms with Crippen LogP contribution in [-0.4, -0.2) is 4.57 Å². The van der Waals surface area contributed by atoms with Crippen molar-refractivity contribution in [1.29, 1.82) is 0 Å². The molecular formula is C16H8F9N2+. The fourth-order valence-corrected chi connectivity index (χ4v) is 2.60. The number of rotatable bonds is 1. The average molecular weight is 399 g/mol. The standard InChI is InChI=1S/C16H8F9N2/c17-14(18,19)9-5-10(15(20,21)22)7-11(6-9)26-8-27(16(23,24)25)13-4-2-1-3-12(13)26/h1-8H/q+1. The van der Waals surface area contributed by atoms with Crippen LogP contribution in [-0.2, 0) is 18.7 Å². The van der Waals surface area contributed by atoms with Crippen LogP contribution in [0.25, 0.3) is 16.7 Å². The molecule has 0 aliphatic heterocycles. The largest absolute Gasteiger partial charge is 0.567 e. The molecule has 2 nitrogen and oxygen atoms in total. The smallest absolute Gasteiger partial charge is 0.195 e. The van der Waals surface area contributed by atoms with Crippen LogP contribution in [0, 0.1) is 0 Å². The monoisotopic (exact) mass is 399 g/mol. The Hall–Kier alpha value is -2.72. The highest BCUT2D eigenvalue weighted by molar-refractivity contribution is 5.74. The van der Waals surface area contributed by atoms with Gasteiger partial charge in [-0.25, -0.2) is 0 Å². The maximum absolute atomic E-state index is 13.2. The van der Waals surface area contributed by atoms with Crippen molar-refractivity contribution < 1.29 is 44.1 Å². The lowest BCUT2D eigenvalue weighted by Gasteiger charge is -2.12. The average Bonchev–Trinajstić information content (AvgIpc) is 2.92. The Morgan fingerprint density at radius 1 is 0.704 bits per heavy atom. The van der Waals surface area contributed by atoms with E-state index in [4.69, 9.17) is 0 Å². The lowest BCUT2D eigenvalue weighted by molar-refractivity contribution is -0.836. The van der Waals surface area contributed by atoms with E-state index in [9.17, 15) is 39.5 Å². The van der Waals surface area contributed by atoms with E-state index in [1.165, 1.54) is 12.1 Å². The van der Waals surface area contributed by atoms with Crippen molar-refractivity contribution in [2.24, 2.45) is 0 Å². The molecule has 3 aromatic rings. The maximum atomic E-state index is 13.2. The van der Waals surface area contributed by atoms with Crippen LogP contribution in [0.2, 0.25) is 0 Å². The van der Waals surface area contributed by atoms with Crippen molar-refractivity contribution in [3.8, 4) is 5.69 Å². The van der Waals surface area contributed by atoms with Gasteiger partial charge in [-0.2, -0.15) is 30.9 Å². The maximum Gasteiger partial charge on any atom is 0.567 e. The molecule has 27 heavy (non-hydrogen) atoms. The molecule has 1 aromatic heterocycles. The molecule has 144 valence electrons. The summed E-state index contributed by atoms with van der Waals surface area (Å²) in [6.07, 6.45) is -14.7. The second kappa shape index (κ2) is 5.89. The van der Waals surface area contributed by atoms with Gasteiger partial charge in [0.25, 0.3) is 6.33 Å². The van der Waals surface area contributed by atoms with Gasteiger partial charge < -0.3 is 0 Å². The fraction of sp³-hybridized carbons (Fsp3) is 0.188. The Balaban J connectivity index is 2.34. The van der Waals surface area contributed by atoms with Gasteiger partial charge in [0.1, 0.15) is 5.69 Å². The van der Waals surface area contributed by atoms with Gasteiger partial charge in [0.05, 0.1) is 11.1 Å². The first-order valence-electron chi connectivity index (χ1n) is 7.17. The topological polar surface area (TPSA) is 8.81 Å². The van der Waals surface area contributed by atoms with E-state index in [1.54, 1.807) is 0 Å². The van der Waals surface area contributed by atoms with Crippen molar-refractivity contribution in [3.63, 3.8) is 0 Å². The van der Waals surface area contributed by atoms with Crippen LogP contribution < -0.4 is 4.57 Å². The van der Waals surface area contributed by atoms with Gasteiger partial charge in [-0.1, -0.05) is 12.1 Å². The van der Waals surface area contributed by atoms with Gasteiger partial charge >= 0.3 is 18.7 Å². The van der Waals surface area contributed by atoms with Gasteiger partial charge in [0.2, 0.25) is 0 Å². The summed E-state index contributed by atoms with van der Waals surface area (Å²) in [5, 5.41) is 0. The summed E-state index contributed by atoms with van der Waals surface area (Å²) < 4.78 is 118. The van der Waals surface area contributed by atoms with E-state index in [-0.39, 0.29) is 16.2 Å². The molecule has 2 aromatic carbocycles. The minimum Gasteiger partial charge on any atom is -0.195 e. The molecule has 0 aliphatic rings. The number of imidazole rings is 1. The van der Waals surface area contributed by atoms with Gasteiger partial charge in [-0.05, 0) is 30.3 Å². The molecule has 0 radical (unpaired) electrons. The summed E-state index contributed by atoms with van der Waals surface area (Å²) in [5.74, 6) is 0. The lowest BCUT2D eigenvalue weighted by atomic mass is 10.1. The molecule has 0 unspecified atom stereocenters. The minimum absolute atomic E-state index is 0.0903. The number of para-hydroxylation sites is 2. The van der Waals surface area contributed by atoms with Crippen molar-refractivity contribution in [2.45, 2.75) is 18.7 Å². The molecule has 0 N–H and O–H groups in total. The molecule has 0 bridgehead atoms. The van der Waals surface area contributed by atoms with Crippen LogP contribution >= 0.6 is 0 Å². The van der Waals surface area contributed by atoms with Crippen LogP contribution in [0.5, 0.6) is 0 Å². The molecule has 0 spiro atoms. The number of hydrogen-bond acceptors (Lipinski definition) is 0. The van der Waals surface area contributed by atoms with Gasteiger partial charge in [0, 0.05) is 0 Å². The van der Waals surface area contributed by atoms with Gasteiger partial charge in [-0.15, -0.1) is 17.7 Å². The molecule has 1 heterocycles. The zero-order valence-electron chi connectivity index (χ0n) is 12.9. The van der Waals surface area contributed by atoms with E-state index >= 15 is 0 Å². The minimum atomic E-state index is -5.11. The van der Waals surface area contributed by atoms with Crippen LogP contribution in [0.4, 0.5) is 39.5 Å². The SMILES string of the molecule is FC(F)(F)c1cc(-n2c[n+](C(F)(F)F)c3ccccc32)cc(C(F)(F)F)c1. The Morgan fingerprint density at radius 2 is 1.22 bits per heavy atom. The highest BCUT2D eigenvalue weighted by atomic mass is 19.4. The summed E-state index contributed by atoms with van der Waals surface area (Å²) in [7, 11) is 0. The van der Waals surface area contributed by atoms with E-state index in [0.29, 0.717) is 23.0 Å². The van der Waals surface area contributed by atoms with Crippen molar-refractivity contribution in [1.82, 2.24) is 4.57 Å². The zero-order chi connectivity index (χ0) is 20.2. The fourth-order valence-electron chi connectivity index (χ4n) is 2.60. The number of fused-ring (bicyclic) bond motifs is 1. The lowest BCUT2D eigenvalue weighted by Crippen LogP contribution is -2.46. The van der Waals surface area contributed by atoms with Crippen LogP contribution in [0.1, 0.15) is 11.1 Å². The third-order valence-electron chi connectivity index (χ3n) is 3.76.